The molecule has 1 nitrogen and oxygen atoms in total. The zero-order valence-electron chi connectivity index (χ0n) is 10.6. The summed E-state index contributed by atoms with van der Waals surface area (Å²) >= 11 is 3.66. The monoisotopic (exact) mass is 305 g/mol. The van der Waals surface area contributed by atoms with Gasteiger partial charge in [0, 0.05) is 16.2 Å². The van der Waals surface area contributed by atoms with Crippen LogP contribution in [0.4, 0.5) is 5.69 Å². The molecular weight excluding hydrogens is 286 g/mol. The maximum absolute atomic E-state index is 3.85. The van der Waals surface area contributed by atoms with Crippen LogP contribution in [-0.2, 0) is 0 Å². The van der Waals surface area contributed by atoms with E-state index in [0.29, 0.717) is 0 Å². The Bertz CT molecular complexity index is 428. The van der Waals surface area contributed by atoms with Crippen LogP contribution in [0, 0.1) is 23.7 Å². The van der Waals surface area contributed by atoms with E-state index in [1.165, 1.54) is 42.3 Å². The van der Waals surface area contributed by atoms with Crippen molar-refractivity contribution >= 4 is 21.6 Å². The molecule has 0 saturated heterocycles. The standard InChI is InChI=1S/C16H20BrN/c17-14-3-1-2-4-15(14)18-16-12-6-10-5-11(8-12)9-13(16)7-10/h1-4,10-13,16,18H,5-9H2. The summed E-state index contributed by atoms with van der Waals surface area (Å²) in [5.74, 6) is 4.00. The third kappa shape index (κ3) is 1.80. The highest BCUT2D eigenvalue weighted by Gasteiger charge is 2.48. The zero-order chi connectivity index (χ0) is 12.1. The second-order valence-corrected chi connectivity index (χ2v) is 7.44. The highest BCUT2D eigenvalue weighted by molar-refractivity contribution is 9.10. The van der Waals surface area contributed by atoms with Gasteiger partial charge in [0.25, 0.3) is 0 Å². The molecule has 4 aliphatic carbocycles. The Hall–Kier alpha value is -0.500. The molecule has 4 fully saturated rings. The SMILES string of the molecule is Brc1ccccc1NC1C2CC3CC(C2)CC1C3. The highest BCUT2D eigenvalue weighted by Crippen LogP contribution is 2.54. The number of para-hydroxylation sites is 1. The molecule has 1 aromatic carbocycles. The van der Waals surface area contributed by atoms with Crippen molar-refractivity contribution in [2.75, 3.05) is 5.32 Å². The Labute approximate surface area is 117 Å². The summed E-state index contributed by atoms with van der Waals surface area (Å²) in [6.07, 6.45) is 7.46. The van der Waals surface area contributed by atoms with Crippen molar-refractivity contribution in [1.29, 1.82) is 0 Å². The molecule has 2 heteroatoms. The quantitative estimate of drug-likeness (QED) is 0.836. The molecule has 0 spiro atoms. The lowest BCUT2D eigenvalue weighted by atomic mass is 9.54. The smallest absolute Gasteiger partial charge is 0.0486 e. The van der Waals surface area contributed by atoms with Crippen molar-refractivity contribution in [2.24, 2.45) is 23.7 Å². The van der Waals surface area contributed by atoms with Crippen LogP contribution >= 0.6 is 15.9 Å². The average Bonchev–Trinajstić information content (AvgIpc) is 2.35. The molecule has 0 unspecified atom stereocenters. The first-order valence-electron chi connectivity index (χ1n) is 7.30. The first kappa shape index (κ1) is 11.3. The fourth-order valence-electron chi connectivity index (χ4n) is 4.92. The Morgan fingerprint density at radius 2 is 1.50 bits per heavy atom. The molecule has 0 aliphatic heterocycles. The lowest BCUT2D eigenvalue weighted by Crippen LogP contribution is -2.51. The number of nitrogens with one attached hydrogen (secondary N) is 1. The van der Waals surface area contributed by atoms with Gasteiger partial charge in [0.15, 0.2) is 0 Å². The molecule has 0 radical (unpaired) electrons. The van der Waals surface area contributed by atoms with Gasteiger partial charge in [-0.05, 0) is 83.8 Å². The molecule has 1 N–H and O–H groups in total. The summed E-state index contributed by atoms with van der Waals surface area (Å²) in [4.78, 5) is 0. The van der Waals surface area contributed by atoms with Crippen LogP contribution in [0.2, 0.25) is 0 Å². The van der Waals surface area contributed by atoms with Gasteiger partial charge >= 0.3 is 0 Å². The molecule has 0 aromatic heterocycles. The van der Waals surface area contributed by atoms with Crippen LogP contribution in [0.25, 0.3) is 0 Å². The third-order valence-electron chi connectivity index (χ3n) is 5.42. The van der Waals surface area contributed by atoms with Crippen LogP contribution < -0.4 is 5.32 Å². The predicted octanol–water partition coefficient (Wildman–Crippen LogP) is 4.69. The first-order valence-corrected chi connectivity index (χ1v) is 8.10. The van der Waals surface area contributed by atoms with Crippen molar-refractivity contribution < 1.29 is 0 Å². The topological polar surface area (TPSA) is 12.0 Å². The van der Waals surface area contributed by atoms with Crippen molar-refractivity contribution in [1.82, 2.24) is 0 Å². The van der Waals surface area contributed by atoms with Crippen molar-refractivity contribution in [2.45, 2.75) is 38.1 Å². The highest BCUT2D eigenvalue weighted by atomic mass is 79.9. The fourth-order valence-corrected chi connectivity index (χ4v) is 5.32. The molecule has 1 aromatic rings. The Balaban J connectivity index is 1.57. The van der Waals surface area contributed by atoms with Crippen molar-refractivity contribution in [3.63, 3.8) is 0 Å². The summed E-state index contributed by atoms with van der Waals surface area (Å²) in [5, 5.41) is 3.85. The van der Waals surface area contributed by atoms with Gasteiger partial charge in [-0.25, -0.2) is 0 Å². The van der Waals surface area contributed by atoms with Gasteiger partial charge in [0.2, 0.25) is 0 Å². The van der Waals surface area contributed by atoms with Crippen LogP contribution in [0.5, 0.6) is 0 Å². The third-order valence-corrected chi connectivity index (χ3v) is 6.11. The minimum Gasteiger partial charge on any atom is -0.381 e. The van der Waals surface area contributed by atoms with E-state index in [1.54, 1.807) is 0 Å². The summed E-state index contributed by atoms with van der Waals surface area (Å²) in [6, 6.07) is 9.29. The van der Waals surface area contributed by atoms with Crippen molar-refractivity contribution in [3.8, 4) is 0 Å². The van der Waals surface area contributed by atoms with Crippen molar-refractivity contribution in [3.05, 3.63) is 28.7 Å². The number of rotatable bonds is 2. The molecule has 0 amide bonds. The second kappa shape index (κ2) is 4.26. The number of hydrogen-bond donors (Lipinski definition) is 1. The molecule has 18 heavy (non-hydrogen) atoms. The minimum absolute atomic E-state index is 0.733. The normalized spacial score (nSPS) is 41.1. The molecule has 0 atom stereocenters. The van der Waals surface area contributed by atoms with E-state index in [2.05, 4.69) is 45.5 Å². The molecule has 0 heterocycles. The Kier molecular flexibility index (Phi) is 2.68. The summed E-state index contributed by atoms with van der Waals surface area (Å²) in [7, 11) is 0. The van der Waals surface area contributed by atoms with E-state index in [4.69, 9.17) is 0 Å². The number of hydrogen-bond acceptors (Lipinski definition) is 1. The zero-order valence-corrected chi connectivity index (χ0v) is 12.2. The van der Waals surface area contributed by atoms with Gasteiger partial charge in [-0.15, -0.1) is 0 Å². The van der Waals surface area contributed by atoms with Gasteiger partial charge in [0.1, 0.15) is 0 Å². The second-order valence-electron chi connectivity index (χ2n) is 6.58. The van der Waals surface area contributed by atoms with E-state index in [-0.39, 0.29) is 0 Å². The predicted molar refractivity (Wildman–Crippen MR) is 78.6 cm³/mol. The van der Waals surface area contributed by atoms with E-state index in [1.807, 2.05) is 0 Å². The van der Waals surface area contributed by atoms with Gasteiger partial charge < -0.3 is 5.32 Å². The molecule has 5 rings (SSSR count). The van der Waals surface area contributed by atoms with E-state index in [9.17, 15) is 0 Å². The van der Waals surface area contributed by atoms with Crippen LogP contribution in [0.15, 0.2) is 28.7 Å². The lowest BCUT2D eigenvalue weighted by Gasteiger charge is -2.54. The number of halogens is 1. The molecule has 4 bridgehead atoms. The number of anilines is 1. The van der Waals surface area contributed by atoms with E-state index < -0.39 is 0 Å². The maximum Gasteiger partial charge on any atom is 0.0486 e. The molecule has 4 aliphatic rings. The van der Waals surface area contributed by atoms with E-state index in [0.717, 1.165) is 29.7 Å². The van der Waals surface area contributed by atoms with Gasteiger partial charge in [-0.1, -0.05) is 12.1 Å². The lowest BCUT2D eigenvalue weighted by molar-refractivity contribution is 0.00752. The minimum atomic E-state index is 0.733. The molecule has 96 valence electrons. The van der Waals surface area contributed by atoms with E-state index >= 15 is 0 Å². The Morgan fingerprint density at radius 3 is 2.11 bits per heavy atom. The van der Waals surface area contributed by atoms with Crippen LogP contribution in [-0.4, -0.2) is 6.04 Å². The number of benzene rings is 1. The van der Waals surface area contributed by atoms with Gasteiger partial charge in [-0.2, -0.15) is 0 Å². The summed E-state index contributed by atoms with van der Waals surface area (Å²) in [6.45, 7) is 0. The average molecular weight is 306 g/mol. The Morgan fingerprint density at radius 1 is 0.889 bits per heavy atom. The summed E-state index contributed by atoms with van der Waals surface area (Å²) < 4.78 is 1.21. The summed E-state index contributed by atoms with van der Waals surface area (Å²) in [5.41, 5.74) is 1.29. The van der Waals surface area contributed by atoms with Gasteiger partial charge in [-0.3, -0.25) is 0 Å². The fraction of sp³-hybridized carbons (Fsp3) is 0.625. The van der Waals surface area contributed by atoms with Gasteiger partial charge in [0.05, 0.1) is 0 Å². The molecular formula is C16H20BrN. The van der Waals surface area contributed by atoms with Crippen LogP contribution in [0.1, 0.15) is 32.1 Å². The largest absolute Gasteiger partial charge is 0.381 e. The first-order chi connectivity index (χ1) is 8.79. The molecule has 4 saturated carbocycles. The van der Waals surface area contributed by atoms with Crippen LogP contribution in [0.3, 0.4) is 0 Å². The maximum atomic E-state index is 3.85.